The number of halogens is 3. The van der Waals surface area contributed by atoms with E-state index in [1.54, 1.807) is 10.9 Å². The zero-order valence-corrected chi connectivity index (χ0v) is 27.2. The number of alkyl halides is 2. The van der Waals surface area contributed by atoms with Crippen molar-refractivity contribution in [2.75, 3.05) is 12.4 Å². The maximum Gasteiger partial charge on any atom is 0.347 e. The predicted octanol–water partition coefficient (Wildman–Crippen LogP) is 5.11. The first-order chi connectivity index (χ1) is 23.3. The molecule has 0 radical (unpaired) electrons. The van der Waals surface area contributed by atoms with Crippen LogP contribution in [0.3, 0.4) is 0 Å². The number of carbonyl (C=O) groups excluding carboxylic acids is 2. The molecule has 2 bridgehead atoms. The number of nitrogens with one attached hydrogen (secondary N) is 2. The van der Waals surface area contributed by atoms with Crippen molar-refractivity contribution < 1.29 is 41.0 Å². The molecule has 0 spiro atoms. The normalized spacial score (nSPS) is 20.6. The number of anilines is 1. The number of hydrogen-bond donors (Lipinski definition) is 3. The lowest BCUT2D eigenvalue weighted by atomic mass is 9.87. The molecule has 1 fully saturated rings. The Hall–Kier alpha value is -4.95. The zero-order valence-electron chi connectivity index (χ0n) is 26.4. The Kier molecular flexibility index (Phi) is 9.11. The van der Waals surface area contributed by atoms with Crippen molar-refractivity contribution in [3.63, 3.8) is 0 Å². The Morgan fingerprint density at radius 3 is 2.53 bits per heavy atom. The summed E-state index contributed by atoms with van der Waals surface area (Å²) in [5.41, 5.74) is 1.03. The number of aliphatic hydroxyl groups is 1. The van der Waals surface area contributed by atoms with E-state index in [2.05, 4.69) is 15.7 Å². The van der Waals surface area contributed by atoms with Crippen molar-refractivity contribution in [2.24, 2.45) is 17.8 Å². The Labute approximate surface area is 280 Å². The molecule has 1 heterocycles. The fourth-order valence-electron chi connectivity index (χ4n) is 6.46. The largest absolute Gasteiger partial charge is 0.496 e. The molecule has 49 heavy (non-hydrogen) atoms. The molecule has 3 aromatic carbocycles. The molecule has 2 aliphatic rings. The Bertz CT molecular complexity index is 2030. The summed E-state index contributed by atoms with van der Waals surface area (Å²) in [7, 11) is -3.71. The third kappa shape index (κ3) is 6.70. The Morgan fingerprint density at radius 2 is 1.82 bits per heavy atom. The summed E-state index contributed by atoms with van der Waals surface area (Å²) in [6, 6.07) is 15.6. The summed E-state index contributed by atoms with van der Waals surface area (Å²) >= 11 is 0. The Balaban J connectivity index is 1.21. The number of sulfone groups is 1. The summed E-state index contributed by atoms with van der Waals surface area (Å²) in [6.45, 7) is 0.710. The van der Waals surface area contributed by atoms with Crippen LogP contribution in [-0.2, 0) is 21.2 Å². The minimum absolute atomic E-state index is 0.00178. The van der Waals surface area contributed by atoms with Gasteiger partial charge in [0.1, 0.15) is 17.7 Å². The number of amides is 2. The quantitative estimate of drug-likeness (QED) is 0.186. The number of hydrogen-bond acceptors (Lipinski definition) is 7. The third-order valence-corrected chi connectivity index (χ3v) is 10.8. The summed E-state index contributed by atoms with van der Waals surface area (Å²) in [5, 5.41) is 16.9. The molecule has 0 saturated heterocycles. The smallest absolute Gasteiger partial charge is 0.347 e. The van der Waals surface area contributed by atoms with Crippen LogP contribution in [0.4, 0.5) is 18.9 Å². The lowest BCUT2D eigenvalue weighted by Gasteiger charge is -2.28. The van der Waals surface area contributed by atoms with Gasteiger partial charge in [0.25, 0.3) is 5.91 Å². The second-order valence-corrected chi connectivity index (χ2v) is 14.4. The second-order valence-electron chi connectivity index (χ2n) is 12.2. The van der Waals surface area contributed by atoms with Crippen LogP contribution in [0, 0.1) is 23.6 Å². The molecule has 3 N–H and O–H groups in total. The maximum absolute atomic E-state index is 15.3. The molecule has 2 aliphatic carbocycles. The number of allylic oxidation sites excluding steroid dienone is 1. The van der Waals surface area contributed by atoms with Gasteiger partial charge in [0.05, 0.1) is 36.2 Å². The van der Waals surface area contributed by atoms with Crippen LogP contribution < -0.4 is 15.4 Å². The highest BCUT2D eigenvalue weighted by atomic mass is 32.2. The molecule has 0 aliphatic heterocycles. The van der Waals surface area contributed by atoms with Crippen LogP contribution in [0.15, 0.2) is 96.2 Å². The predicted molar refractivity (Wildman–Crippen MR) is 173 cm³/mol. The summed E-state index contributed by atoms with van der Waals surface area (Å²) < 4.78 is 74.3. The minimum Gasteiger partial charge on any atom is -0.496 e. The average molecular weight is 695 g/mol. The van der Waals surface area contributed by atoms with Crippen LogP contribution in [0.5, 0.6) is 5.75 Å². The van der Waals surface area contributed by atoms with Gasteiger partial charge < -0.3 is 20.5 Å². The fraction of sp³-hybridized carbons (Fsp3) is 0.286. The van der Waals surface area contributed by atoms with Crippen LogP contribution in [0.25, 0.3) is 0 Å². The Morgan fingerprint density at radius 1 is 1.08 bits per heavy atom. The van der Waals surface area contributed by atoms with E-state index in [0.29, 0.717) is 18.5 Å². The van der Waals surface area contributed by atoms with Gasteiger partial charge in [0.15, 0.2) is 0 Å². The summed E-state index contributed by atoms with van der Waals surface area (Å²) in [5.74, 6) is -3.39. The molecular formula is C35H33F3N4O6S. The van der Waals surface area contributed by atoms with Crippen molar-refractivity contribution in [1.29, 1.82) is 0 Å². The molecule has 0 unspecified atom stereocenters. The van der Waals surface area contributed by atoms with Crippen molar-refractivity contribution >= 4 is 27.3 Å². The lowest BCUT2D eigenvalue weighted by Crippen LogP contribution is -2.47. The first kappa shape index (κ1) is 33.9. The second kappa shape index (κ2) is 13.2. The molecule has 4 aromatic rings. The molecular weight excluding hydrogens is 661 g/mol. The first-order valence-electron chi connectivity index (χ1n) is 15.4. The van der Waals surface area contributed by atoms with E-state index in [0.717, 1.165) is 23.8 Å². The minimum atomic E-state index is -4.98. The van der Waals surface area contributed by atoms with E-state index in [4.69, 9.17) is 4.74 Å². The van der Waals surface area contributed by atoms with Gasteiger partial charge >= 0.3 is 5.25 Å². The molecule has 5 atom stereocenters. The van der Waals surface area contributed by atoms with Crippen LogP contribution in [0.1, 0.15) is 46.5 Å². The first-order valence-corrected chi connectivity index (χ1v) is 16.9. The van der Waals surface area contributed by atoms with Crippen LogP contribution >= 0.6 is 0 Å². The molecule has 1 saturated carbocycles. The van der Waals surface area contributed by atoms with Gasteiger partial charge in [0, 0.05) is 42.0 Å². The van der Waals surface area contributed by atoms with E-state index in [1.807, 2.05) is 42.5 Å². The number of rotatable bonds is 11. The number of aromatic nitrogens is 2. The number of ether oxygens (including phenoxy) is 1. The average Bonchev–Trinajstić information content (AvgIpc) is 3.82. The fourth-order valence-corrected chi connectivity index (χ4v) is 7.42. The van der Waals surface area contributed by atoms with Gasteiger partial charge in [0.2, 0.25) is 15.7 Å². The van der Waals surface area contributed by atoms with E-state index in [-0.39, 0.29) is 41.3 Å². The van der Waals surface area contributed by atoms with Gasteiger partial charge in [-0.2, -0.15) is 13.9 Å². The van der Waals surface area contributed by atoms with E-state index in [1.165, 1.54) is 31.5 Å². The number of nitrogens with zero attached hydrogens (tertiary/aromatic N) is 2. The number of carbonyl (C=O) groups is 2. The van der Waals surface area contributed by atoms with Gasteiger partial charge in [-0.1, -0.05) is 48.6 Å². The molecule has 6 rings (SSSR count). The van der Waals surface area contributed by atoms with Crippen molar-refractivity contribution in [1.82, 2.24) is 15.1 Å². The zero-order chi connectivity index (χ0) is 35.1. The van der Waals surface area contributed by atoms with Gasteiger partial charge in [-0.05, 0) is 48.1 Å². The maximum atomic E-state index is 15.3. The number of methoxy groups -OCH3 is 1. The van der Waals surface area contributed by atoms with Crippen LogP contribution in [0.2, 0.25) is 0 Å². The lowest BCUT2D eigenvalue weighted by molar-refractivity contribution is -0.121. The van der Waals surface area contributed by atoms with E-state index in [9.17, 15) is 31.9 Å². The topological polar surface area (TPSA) is 140 Å². The number of benzene rings is 3. The molecule has 10 nitrogen and oxygen atoms in total. The van der Waals surface area contributed by atoms with Gasteiger partial charge in [-0.25, -0.2) is 12.8 Å². The highest BCUT2D eigenvalue weighted by Crippen LogP contribution is 2.45. The standard InChI is InChI=1S/C35H33F3N4O6S/c1-35(37,38)49(46,47)25-10-6-9-24(14-25)40-34(45)30-21-11-12-22(13-21)31(30)41-33(44)27-15-26(28(36)16-29(27)48-2)32(43)23-17-39-42(19-23)18-20-7-4-3-5-8-20/h3-12,14-17,19,21-22,30-32,43H,13,18H2,1-2H3,(H,40,45)(H,41,44)/t21-,22+,30+,31-,32-/m1/s1. The molecule has 14 heteroatoms. The highest BCUT2D eigenvalue weighted by Gasteiger charge is 2.49. The number of fused-ring (bicyclic) bond motifs is 2. The molecule has 1 aromatic heterocycles. The number of aliphatic hydroxyl groups excluding tert-OH is 1. The molecule has 2 amide bonds. The van der Waals surface area contributed by atoms with E-state index >= 15 is 4.39 Å². The monoisotopic (exact) mass is 694 g/mol. The molecule has 256 valence electrons. The van der Waals surface area contributed by atoms with Gasteiger partial charge in [-0.15, -0.1) is 0 Å². The summed E-state index contributed by atoms with van der Waals surface area (Å²) in [6.07, 6.45) is 5.85. The SMILES string of the molecule is COc1cc(F)c([C@H](O)c2cnn(Cc3ccccc3)c2)cc1C(=O)N[C@H]1[C@@H](C(=O)Nc2cccc(S(=O)(=O)C(C)(F)F)c2)[C@@H]2C=C[C@H]1C2. The van der Waals surface area contributed by atoms with Crippen molar-refractivity contribution in [3.8, 4) is 5.75 Å². The van der Waals surface area contributed by atoms with E-state index < -0.39 is 55.7 Å². The highest BCUT2D eigenvalue weighted by molar-refractivity contribution is 7.92. The van der Waals surface area contributed by atoms with Crippen molar-refractivity contribution in [2.45, 2.75) is 42.2 Å². The third-order valence-electron chi connectivity index (χ3n) is 8.96. The van der Waals surface area contributed by atoms with Crippen molar-refractivity contribution in [3.05, 3.63) is 119 Å². The van der Waals surface area contributed by atoms with Gasteiger partial charge in [-0.3, -0.25) is 14.3 Å². The van der Waals surface area contributed by atoms with Crippen LogP contribution in [-0.4, -0.2) is 53.5 Å². The summed E-state index contributed by atoms with van der Waals surface area (Å²) in [4.78, 5) is 26.7.